The predicted octanol–water partition coefficient (Wildman–Crippen LogP) is 2.70. The molecule has 0 radical (unpaired) electrons. The lowest BCUT2D eigenvalue weighted by molar-refractivity contribution is 0.0843. The molecule has 0 aliphatic carbocycles. The molecule has 7 heteroatoms. The monoisotopic (exact) mass is 391 g/mol. The van der Waals surface area contributed by atoms with Crippen molar-refractivity contribution >= 4 is 17.5 Å². The van der Waals surface area contributed by atoms with Gasteiger partial charge in [0, 0.05) is 18.3 Å². The van der Waals surface area contributed by atoms with E-state index in [1.165, 1.54) is 24.8 Å². The van der Waals surface area contributed by atoms with Crippen molar-refractivity contribution in [3.63, 3.8) is 0 Å². The van der Waals surface area contributed by atoms with Crippen LogP contribution in [0.1, 0.15) is 51.4 Å². The Morgan fingerprint density at radius 2 is 1.69 bits per heavy atom. The summed E-state index contributed by atoms with van der Waals surface area (Å²) in [6.45, 7) is 4.95. The maximum Gasteiger partial charge on any atom is 0.288 e. The summed E-state index contributed by atoms with van der Waals surface area (Å²) in [5.41, 5.74) is 8.36. The molecule has 7 nitrogen and oxygen atoms in total. The van der Waals surface area contributed by atoms with Gasteiger partial charge in [-0.1, -0.05) is 24.6 Å². The first kappa shape index (κ1) is 19.1. The Labute approximate surface area is 169 Å². The second kappa shape index (κ2) is 8.45. The molecule has 2 amide bonds. The number of amides is 2. The van der Waals surface area contributed by atoms with Crippen LogP contribution < -0.4 is 10.9 Å². The zero-order chi connectivity index (χ0) is 20.2. The molecule has 0 saturated carbocycles. The Morgan fingerprint density at radius 3 is 2.45 bits per heavy atom. The fourth-order valence-electron chi connectivity index (χ4n) is 3.77. The zero-order valence-corrected chi connectivity index (χ0v) is 16.5. The average molecular weight is 391 g/mol. The smallest absolute Gasteiger partial charge is 0.288 e. The van der Waals surface area contributed by atoms with Crippen LogP contribution in [0.2, 0.25) is 0 Å². The highest BCUT2D eigenvalue weighted by atomic mass is 16.2. The van der Waals surface area contributed by atoms with Gasteiger partial charge in [0.2, 0.25) is 0 Å². The molecule has 1 saturated heterocycles. The average Bonchev–Trinajstić information content (AvgIpc) is 3.09. The van der Waals surface area contributed by atoms with Crippen molar-refractivity contribution in [3.8, 4) is 0 Å². The molecular weight excluding hydrogens is 366 g/mol. The van der Waals surface area contributed by atoms with E-state index in [4.69, 9.17) is 0 Å². The van der Waals surface area contributed by atoms with Crippen LogP contribution in [0, 0.1) is 6.92 Å². The second-order valence-electron chi connectivity index (χ2n) is 7.42. The van der Waals surface area contributed by atoms with Crippen molar-refractivity contribution in [2.75, 3.05) is 13.1 Å². The molecule has 3 heterocycles. The van der Waals surface area contributed by atoms with Gasteiger partial charge in [-0.25, -0.2) is 4.98 Å². The lowest BCUT2D eigenvalue weighted by Gasteiger charge is -2.26. The highest BCUT2D eigenvalue weighted by Crippen LogP contribution is 2.14. The van der Waals surface area contributed by atoms with Gasteiger partial charge in [0.25, 0.3) is 11.8 Å². The lowest BCUT2D eigenvalue weighted by Crippen LogP contribution is -2.42. The van der Waals surface area contributed by atoms with Gasteiger partial charge in [-0.15, -0.1) is 0 Å². The lowest BCUT2D eigenvalue weighted by atomic mass is 10.1. The van der Waals surface area contributed by atoms with Gasteiger partial charge in [-0.2, -0.15) is 0 Å². The molecule has 2 aromatic heterocycles. The minimum absolute atomic E-state index is 0.352. The van der Waals surface area contributed by atoms with Crippen LogP contribution in [0.3, 0.4) is 0 Å². The van der Waals surface area contributed by atoms with Crippen LogP contribution in [-0.2, 0) is 6.54 Å². The van der Waals surface area contributed by atoms with Crippen molar-refractivity contribution in [2.24, 2.45) is 0 Å². The number of carbonyl (C=O) groups is 2. The molecule has 0 atom stereocenters. The molecule has 1 fully saturated rings. The molecule has 1 aromatic carbocycles. The topological polar surface area (TPSA) is 78.7 Å². The van der Waals surface area contributed by atoms with Crippen LogP contribution >= 0.6 is 0 Å². The standard InChI is InChI=1S/C22H25N5O2/c1-16-20(27-14-6-3-7-19(27)23-16)22(29)25-24-21(28)18-10-8-17(9-11-18)15-26-12-4-2-5-13-26/h3,6-11,14H,2,4-5,12-13,15H2,1H3,(H,24,28)(H,25,29). The molecular formula is C22H25N5O2. The number of hydrazine groups is 1. The molecule has 0 spiro atoms. The zero-order valence-electron chi connectivity index (χ0n) is 16.5. The number of hydrogen-bond acceptors (Lipinski definition) is 4. The van der Waals surface area contributed by atoms with Gasteiger partial charge in [0.05, 0.1) is 5.69 Å². The van der Waals surface area contributed by atoms with Crippen LogP contribution in [0.15, 0.2) is 48.7 Å². The summed E-state index contributed by atoms with van der Waals surface area (Å²) in [4.78, 5) is 31.8. The van der Waals surface area contributed by atoms with Crippen LogP contribution in [0.5, 0.6) is 0 Å². The predicted molar refractivity (Wildman–Crippen MR) is 110 cm³/mol. The third kappa shape index (κ3) is 4.30. The van der Waals surface area contributed by atoms with Gasteiger partial charge >= 0.3 is 0 Å². The van der Waals surface area contributed by atoms with Gasteiger partial charge in [-0.3, -0.25) is 29.7 Å². The van der Waals surface area contributed by atoms with Gasteiger partial charge in [0.1, 0.15) is 11.3 Å². The number of hydrogen-bond donors (Lipinski definition) is 2. The Morgan fingerprint density at radius 1 is 0.966 bits per heavy atom. The van der Waals surface area contributed by atoms with Crippen molar-refractivity contribution in [3.05, 3.63) is 71.2 Å². The molecule has 29 heavy (non-hydrogen) atoms. The number of aromatic nitrogens is 2. The number of carbonyl (C=O) groups excluding carboxylic acids is 2. The number of imidazole rings is 1. The van der Waals surface area contributed by atoms with Crippen molar-refractivity contribution in [2.45, 2.75) is 32.7 Å². The third-order valence-electron chi connectivity index (χ3n) is 5.28. The van der Waals surface area contributed by atoms with E-state index < -0.39 is 5.91 Å². The van der Waals surface area contributed by atoms with E-state index in [2.05, 4.69) is 20.7 Å². The maximum atomic E-state index is 12.6. The first-order valence-corrected chi connectivity index (χ1v) is 9.97. The fraction of sp³-hybridized carbons (Fsp3) is 0.318. The summed E-state index contributed by atoms with van der Waals surface area (Å²) in [7, 11) is 0. The van der Waals surface area contributed by atoms with E-state index in [0.717, 1.165) is 19.6 Å². The summed E-state index contributed by atoms with van der Waals surface area (Å²) >= 11 is 0. The number of fused-ring (bicyclic) bond motifs is 1. The molecule has 2 N–H and O–H groups in total. The Kier molecular flexibility index (Phi) is 5.57. The Balaban J connectivity index is 1.36. The summed E-state index contributed by atoms with van der Waals surface area (Å²) in [5, 5.41) is 0. The summed E-state index contributed by atoms with van der Waals surface area (Å²) < 4.78 is 1.70. The SMILES string of the molecule is Cc1nc2ccccn2c1C(=O)NNC(=O)c1ccc(CN2CCCCC2)cc1. The fourth-order valence-corrected chi connectivity index (χ4v) is 3.77. The number of piperidine rings is 1. The van der Waals surface area contributed by atoms with Gasteiger partial charge in [0.15, 0.2) is 0 Å². The number of pyridine rings is 1. The highest BCUT2D eigenvalue weighted by Gasteiger charge is 2.17. The normalized spacial score (nSPS) is 14.7. The van der Waals surface area contributed by atoms with Crippen molar-refractivity contribution in [1.29, 1.82) is 0 Å². The van der Waals surface area contributed by atoms with Crippen LogP contribution in [0.4, 0.5) is 0 Å². The minimum atomic E-state index is -0.406. The van der Waals surface area contributed by atoms with E-state index >= 15 is 0 Å². The van der Waals surface area contributed by atoms with Crippen LogP contribution in [-0.4, -0.2) is 39.2 Å². The third-order valence-corrected chi connectivity index (χ3v) is 5.28. The first-order chi connectivity index (χ1) is 14.1. The van der Waals surface area contributed by atoms with Gasteiger partial charge < -0.3 is 0 Å². The molecule has 0 bridgehead atoms. The summed E-state index contributed by atoms with van der Waals surface area (Å²) in [6, 6.07) is 13.0. The van der Waals surface area contributed by atoms with E-state index in [9.17, 15) is 9.59 Å². The largest absolute Gasteiger partial charge is 0.299 e. The highest BCUT2D eigenvalue weighted by molar-refractivity contribution is 5.99. The molecule has 1 aliphatic heterocycles. The number of likely N-dealkylation sites (tertiary alicyclic amines) is 1. The quantitative estimate of drug-likeness (QED) is 0.671. The van der Waals surface area contributed by atoms with Crippen LogP contribution in [0.25, 0.3) is 5.65 Å². The molecule has 0 unspecified atom stereocenters. The summed E-state index contributed by atoms with van der Waals surface area (Å²) in [5.74, 6) is -0.759. The van der Waals surface area contributed by atoms with E-state index in [-0.39, 0.29) is 5.91 Å². The second-order valence-corrected chi connectivity index (χ2v) is 7.42. The van der Waals surface area contributed by atoms with Crippen molar-refractivity contribution in [1.82, 2.24) is 25.1 Å². The number of rotatable bonds is 4. The van der Waals surface area contributed by atoms with Gasteiger partial charge in [-0.05, 0) is 62.7 Å². The molecule has 4 rings (SSSR count). The van der Waals surface area contributed by atoms with E-state index in [1.54, 1.807) is 29.7 Å². The molecule has 1 aliphatic rings. The molecule has 150 valence electrons. The number of nitrogens with zero attached hydrogens (tertiary/aromatic N) is 3. The van der Waals surface area contributed by atoms with E-state index in [0.29, 0.717) is 22.6 Å². The molecule has 3 aromatic rings. The number of aryl methyl sites for hydroxylation is 1. The number of nitrogens with one attached hydrogen (secondary N) is 2. The summed E-state index contributed by atoms with van der Waals surface area (Å²) in [6.07, 6.45) is 5.60. The van der Waals surface area contributed by atoms with Crippen molar-refractivity contribution < 1.29 is 9.59 Å². The maximum absolute atomic E-state index is 12.6. The number of benzene rings is 1. The first-order valence-electron chi connectivity index (χ1n) is 9.97. The Hall–Kier alpha value is -3.19. The minimum Gasteiger partial charge on any atom is -0.299 e. The van der Waals surface area contributed by atoms with E-state index in [1.807, 2.05) is 30.3 Å². The Bertz CT molecular complexity index is 1020.